The summed E-state index contributed by atoms with van der Waals surface area (Å²) in [5.41, 5.74) is 0.854. The third-order valence-electron chi connectivity index (χ3n) is 3.14. The van der Waals surface area contributed by atoms with Gasteiger partial charge in [0.2, 0.25) is 0 Å². The molecule has 0 atom stereocenters. The molecule has 0 saturated heterocycles. The SMILES string of the molecule is O=c1oc2c(Br)cc(Br)cc2cc1-c1ccc([N+](=O)[O-])cc1. The van der Waals surface area contributed by atoms with Gasteiger partial charge in [0.15, 0.2) is 5.58 Å². The summed E-state index contributed by atoms with van der Waals surface area (Å²) in [6.45, 7) is 0. The van der Waals surface area contributed by atoms with Crippen molar-refractivity contribution in [2.45, 2.75) is 0 Å². The molecule has 1 aromatic heterocycles. The van der Waals surface area contributed by atoms with E-state index in [1.54, 1.807) is 12.1 Å². The Bertz CT molecular complexity index is 948. The highest BCUT2D eigenvalue weighted by molar-refractivity contribution is 9.11. The standard InChI is InChI=1S/C15H7Br2NO4/c16-10-5-9-6-12(15(19)22-14(9)13(17)7-10)8-1-3-11(4-2-8)18(20)21/h1-7H. The fourth-order valence-corrected chi connectivity index (χ4v) is 3.46. The topological polar surface area (TPSA) is 73.3 Å². The number of nitrogens with zero attached hydrogens (tertiary/aromatic N) is 1. The van der Waals surface area contributed by atoms with Crippen LogP contribution in [0, 0.1) is 10.1 Å². The first-order chi connectivity index (χ1) is 10.5. The molecule has 0 radical (unpaired) electrons. The van der Waals surface area contributed by atoms with Crippen LogP contribution in [0.15, 0.2) is 60.6 Å². The third-order valence-corrected chi connectivity index (χ3v) is 4.19. The van der Waals surface area contributed by atoms with Crippen LogP contribution in [-0.2, 0) is 0 Å². The van der Waals surface area contributed by atoms with E-state index in [4.69, 9.17) is 4.42 Å². The predicted molar refractivity (Wildman–Crippen MR) is 90.0 cm³/mol. The molecular formula is C15H7Br2NO4. The van der Waals surface area contributed by atoms with E-state index in [0.717, 1.165) is 9.86 Å². The Morgan fingerprint density at radius 3 is 2.36 bits per heavy atom. The molecule has 0 N–H and O–H groups in total. The van der Waals surface area contributed by atoms with Gasteiger partial charge in [0.05, 0.1) is 15.0 Å². The number of hydrogen-bond acceptors (Lipinski definition) is 4. The molecule has 7 heteroatoms. The number of nitro benzene ring substituents is 1. The summed E-state index contributed by atoms with van der Waals surface area (Å²) >= 11 is 6.73. The molecule has 1 heterocycles. The Labute approximate surface area is 141 Å². The number of halogens is 2. The molecule has 0 fully saturated rings. The van der Waals surface area contributed by atoms with E-state index in [1.807, 2.05) is 6.07 Å². The van der Waals surface area contributed by atoms with Crippen LogP contribution in [0.4, 0.5) is 5.69 Å². The monoisotopic (exact) mass is 423 g/mol. The van der Waals surface area contributed by atoms with Gasteiger partial charge < -0.3 is 4.42 Å². The maximum absolute atomic E-state index is 12.2. The molecule has 0 spiro atoms. The molecule has 3 aromatic rings. The lowest BCUT2D eigenvalue weighted by Gasteiger charge is -2.04. The quantitative estimate of drug-likeness (QED) is 0.333. The highest BCUT2D eigenvalue weighted by atomic mass is 79.9. The van der Waals surface area contributed by atoms with Crippen molar-refractivity contribution in [2.24, 2.45) is 0 Å². The summed E-state index contributed by atoms with van der Waals surface area (Å²) in [6, 6.07) is 11.1. The van der Waals surface area contributed by atoms with Gasteiger partial charge in [-0.15, -0.1) is 0 Å². The second-order valence-electron chi connectivity index (χ2n) is 4.56. The lowest BCUT2D eigenvalue weighted by Crippen LogP contribution is -2.03. The maximum atomic E-state index is 12.2. The minimum Gasteiger partial charge on any atom is -0.421 e. The van der Waals surface area contributed by atoms with Crippen molar-refractivity contribution in [1.29, 1.82) is 0 Å². The fraction of sp³-hybridized carbons (Fsp3) is 0. The highest BCUT2D eigenvalue weighted by Crippen LogP contribution is 2.30. The molecule has 2 aromatic carbocycles. The van der Waals surface area contributed by atoms with Crippen molar-refractivity contribution in [3.8, 4) is 11.1 Å². The third kappa shape index (κ3) is 2.69. The van der Waals surface area contributed by atoms with Gasteiger partial charge in [0, 0.05) is 22.0 Å². The molecule has 0 amide bonds. The predicted octanol–water partition coefficient (Wildman–Crippen LogP) is 4.89. The van der Waals surface area contributed by atoms with E-state index in [0.29, 0.717) is 21.2 Å². The van der Waals surface area contributed by atoms with Crippen molar-refractivity contribution in [2.75, 3.05) is 0 Å². The van der Waals surface area contributed by atoms with Crippen LogP contribution in [0.3, 0.4) is 0 Å². The lowest BCUT2D eigenvalue weighted by molar-refractivity contribution is -0.384. The van der Waals surface area contributed by atoms with Crippen LogP contribution in [-0.4, -0.2) is 4.92 Å². The molecule has 0 unspecified atom stereocenters. The van der Waals surface area contributed by atoms with Gasteiger partial charge in [-0.25, -0.2) is 4.79 Å². The van der Waals surface area contributed by atoms with Crippen molar-refractivity contribution in [3.05, 3.63) is 71.9 Å². The van der Waals surface area contributed by atoms with E-state index in [-0.39, 0.29) is 5.69 Å². The minimum absolute atomic E-state index is 0.0283. The van der Waals surface area contributed by atoms with Crippen LogP contribution < -0.4 is 5.63 Å². The Kier molecular flexibility index (Phi) is 3.84. The summed E-state index contributed by atoms with van der Waals surface area (Å²) < 4.78 is 6.87. The Balaban J connectivity index is 2.20. The first-order valence-corrected chi connectivity index (χ1v) is 7.72. The normalized spacial score (nSPS) is 10.8. The molecular weight excluding hydrogens is 418 g/mol. The molecule has 3 rings (SSSR count). The smallest absolute Gasteiger partial charge is 0.344 e. The van der Waals surface area contributed by atoms with E-state index < -0.39 is 10.5 Å². The number of nitro groups is 1. The van der Waals surface area contributed by atoms with Gasteiger partial charge in [0.25, 0.3) is 5.69 Å². The van der Waals surface area contributed by atoms with E-state index in [9.17, 15) is 14.9 Å². The Hall–Kier alpha value is -1.99. The zero-order valence-electron chi connectivity index (χ0n) is 10.9. The molecule has 22 heavy (non-hydrogen) atoms. The summed E-state index contributed by atoms with van der Waals surface area (Å²) in [7, 11) is 0. The van der Waals surface area contributed by atoms with Crippen LogP contribution in [0.2, 0.25) is 0 Å². The molecule has 0 bridgehead atoms. The molecule has 0 aliphatic carbocycles. The zero-order chi connectivity index (χ0) is 15.9. The van der Waals surface area contributed by atoms with Gasteiger partial charge in [-0.1, -0.05) is 15.9 Å². The van der Waals surface area contributed by atoms with Gasteiger partial charge in [-0.05, 0) is 51.8 Å². The van der Waals surface area contributed by atoms with Crippen molar-refractivity contribution >= 4 is 48.5 Å². The Morgan fingerprint density at radius 2 is 1.73 bits per heavy atom. The second kappa shape index (κ2) is 5.66. The first kappa shape index (κ1) is 14.9. The van der Waals surface area contributed by atoms with Crippen molar-refractivity contribution < 1.29 is 9.34 Å². The van der Waals surface area contributed by atoms with Gasteiger partial charge in [-0.2, -0.15) is 0 Å². The second-order valence-corrected chi connectivity index (χ2v) is 6.33. The largest absolute Gasteiger partial charge is 0.421 e. The zero-order valence-corrected chi connectivity index (χ0v) is 14.0. The molecule has 0 aliphatic heterocycles. The number of fused-ring (bicyclic) bond motifs is 1. The van der Waals surface area contributed by atoms with E-state index in [2.05, 4.69) is 31.9 Å². The number of hydrogen-bond donors (Lipinski definition) is 0. The molecule has 0 saturated carbocycles. The van der Waals surface area contributed by atoms with E-state index in [1.165, 1.54) is 24.3 Å². The number of rotatable bonds is 2. The van der Waals surface area contributed by atoms with Gasteiger partial charge in [-0.3, -0.25) is 10.1 Å². The molecule has 5 nitrogen and oxygen atoms in total. The Morgan fingerprint density at radius 1 is 1.05 bits per heavy atom. The van der Waals surface area contributed by atoms with Gasteiger partial charge >= 0.3 is 5.63 Å². The van der Waals surface area contributed by atoms with Crippen molar-refractivity contribution in [3.63, 3.8) is 0 Å². The fourth-order valence-electron chi connectivity index (χ4n) is 2.12. The minimum atomic E-state index is -0.496. The lowest BCUT2D eigenvalue weighted by atomic mass is 10.1. The number of benzene rings is 2. The first-order valence-electron chi connectivity index (χ1n) is 6.13. The maximum Gasteiger partial charge on any atom is 0.344 e. The molecule has 0 aliphatic rings. The summed E-state index contributed by atoms with van der Waals surface area (Å²) in [6.07, 6.45) is 0. The van der Waals surface area contributed by atoms with Crippen LogP contribution >= 0.6 is 31.9 Å². The summed E-state index contributed by atoms with van der Waals surface area (Å²) in [4.78, 5) is 22.4. The van der Waals surface area contributed by atoms with Crippen molar-refractivity contribution in [1.82, 2.24) is 0 Å². The summed E-state index contributed by atoms with van der Waals surface area (Å²) in [5, 5.41) is 11.4. The van der Waals surface area contributed by atoms with Crippen LogP contribution in [0.1, 0.15) is 0 Å². The van der Waals surface area contributed by atoms with Crippen LogP contribution in [0.25, 0.3) is 22.1 Å². The van der Waals surface area contributed by atoms with Crippen LogP contribution in [0.5, 0.6) is 0 Å². The average Bonchev–Trinajstić information content (AvgIpc) is 2.47. The van der Waals surface area contributed by atoms with Gasteiger partial charge in [0.1, 0.15) is 0 Å². The number of non-ortho nitro benzene ring substituents is 1. The molecule has 110 valence electrons. The summed E-state index contributed by atoms with van der Waals surface area (Å²) in [5.74, 6) is 0. The average molecular weight is 425 g/mol. The van der Waals surface area contributed by atoms with E-state index >= 15 is 0 Å². The highest BCUT2D eigenvalue weighted by Gasteiger charge is 2.12.